The molecule has 1 saturated carbocycles. The summed E-state index contributed by atoms with van der Waals surface area (Å²) in [4.78, 5) is 12.8. The van der Waals surface area contributed by atoms with Crippen LogP contribution in [-0.4, -0.2) is 5.78 Å². The Morgan fingerprint density at radius 2 is 1.79 bits per heavy atom. The number of benzene rings is 2. The standard InChI is InChI=1S/C18H16O/c19-18(17-11-12-8-9-14(17)10-12)16-7-3-5-13-4-1-2-6-15(13)16/h1-9,12,14,17H,10-11H2. The van der Waals surface area contributed by atoms with E-state index < -0.39 is 0 Å². The number of carbonyl (C=O) groups is 1. The minimum atomic E-state index is 0.209. The van der Waals surface area contributed by atoms with E-state index in [2.05, 4.69) is 30.4 Å². The largest absolute Gasteiger partial charge is 0.294 e. The number of fused-ring (bicyclic) bond motifs is 3. The lowest BCUT2D eigenvalue weighted by molar-refractivity contribution is 0.0903. The first-order valence-corrected chi connectivity index (χ1v) is 7.03. The van der Waals surface area contributed by atoms with Crippen LogP contribution >= 0.6 is 0 Å². The molecule has 0 heterocycles. The number of allylic oxidation sites excluding steroid dienone is 2. The minimum absolute atomic E-state index is 0.209. The molecule has 2 bridgehead atoms. The number of hydrogen-bond acceptors (Lipinski definition) is 1. The van der Waals surface area contributed by atoms with Gasteiger partial charge in [-0.2, -0.15) is 0 Å². The highest BCUT2D eigenvalue weighted by molar-refractivity contribution is 6.09. The van der Waals surface area contributed by atoms with E-state index >= 15 is 0 Å². The van der Waals surface area contributed by atoms with Crippen LogP contribution in [0.15, 0.2) is 54.6 Å². The van der Waals surface area contributed by atoms with Gasteiger partial charge in [0.25, 0.3) is 0 Å². The highest BCUT2D eigenvalue weighted by atomic mass is 16.1. The average Bonchev–Trinajstić information content (AvgIpc) is 3.08. The van der Waals surface area contributed by atoms with Crippen LogP contribution in [-0.2, 0) is 0 Å². The second kappa shape index (κ2) is 4.06. The number of ketones is 1. The number of rotatable bonds is 2. The Morgan fingerprint density at radius 1 is 0.947 bits per heavy atom. The van der Waals surface area contributed by atoms with Gasteiger partial charge in [-0.15, -0.1) is 0 Å². The summed E-state index contributed by atoms with van der Waals surface area (Å²) in [5, 5.41) is 2.26. The monoisotopic (exact) mass is 248 g/mol. The van der Waals surface area contributed by atoms with E-state index in [1.807, 2.05) is 24.3 Å². The first kappa shape index (κ1) is 11.0. The SMILES string of the molecule is O=C(c1cccc2ccccc12)C1CC2C=CC1C2. The van der Waals surface area contributed by atoms with E-state index in [9.17, 15) is 4.79 Å². The van der Waals surface area contributed by atoms with Gasteiger partial charge < -0.3 is 0 Å². The lowest BCUT2D eigenvalue weighted by Crippen LogP contribution is -2.19. The Kier molecular flexibility index (Phi) is 2.34. The molecular formula is C18H16O. The number of carbonyl (C=O) groups excluding carboxylic acids is 1. The molecule has 19 heavy (non-hydrogen) atoms. The van der Waals surface area contributed by atoms with Crippen LogP contribution < -0.4 is 0 Å². The zero-order valence-electron chi connectivity index (χ0n) is 10.8. The Hall–Kier alpha value is -1.89. The maximum atomic E-state index is 12.8. The summed E-state index contributed by atoms with van der Waals surface area (Å²) in [6.07, 6.45) is 6.77. The highest BCUT2D eigenvalue weighted by Gasteiger charge is 2.40. The molecule has 4 rings (SSSR count). The smallest absolute Gasteiger partial charge is 0.167 e. The van der Waals surface area contributed by atoms with Crippen molar-refractivity contribution in [3.8, 4) is 0 Å². The van der Waals surface area contributed by atoms with Gasteiger partial charge in [0.15, 0.2) is 5.78 Å². The maximum Gasteiger partial charge on any atom is 0.167 e. The molecule has 1 heteroatoms. The second-order valence-corrected chi connectivity index (χ2v) is 5.78. The lowest BCUT2D eigenvalue weighted by Gasteiger charge is -2.17. The first-order valence-electron chi connectivity index (χ1n) is 7.03. The predicted octanol–water partition coefficient (Wildman–Crippen LogP) is 4.23. The molecule has 0 N–H and O–H groups in total. The molecule has 0 amide bonds. The van der Waals surface area contributed by atoms with Crippen LogP contribution in [0.4, 0.5) is 0 Å². The Balaban J connectivity index is 1.78. The van der Waals surface area contributed by atoms with Crippen molar-refractivity contribution in [3.05, 3.63) is 60.2 Å². The van der Waals surface area contributed by atoms with E-state index in [1.54, 1.807) is 0 Å². The summed E-state index contributed by atoms with van der Waals surface area (Å²) in [5.41, 5.74) is 0.907. The quantitative estimate of drug-likeness (QED) is 0.574. The van der Waals surface area contributed by atoms with Gasteiger partial charge in [0, 0.05) is 11.5 Å². The zero-order valence-corrected chi connectivity index (χ0v) is 10.8. The minimum Gasteiger partial charge on any atom is -0.294 e. The molecule has 2 aromatic rings. The average molecular weight is 248 g/mol. The molecule has 0 aromatic heterocycles. The molecule has 0 spiro atoms. The third-order valence-electron chi connectivity index (χ3n) is 4.67. The van der Waals surface area contributed by atoms with Gasteiger partial charge in [-0.3, -0.25) is 4.79 Å². The van der Waals surface area contributed by atoms with Gasteiger partial charge in [0.2, 0.25) is 0 Å². The summed E-state index contributed by atoms with van der Waals surface area (Å²) in [6.45, 7) is 0. The van der Waals surface area contributed by atoms with Crippen molar-refractivity contribution < 1.29 is 4.79 Å². The van der Waals surface area contributed by atoms with E-state index in [0.717, 1.165) is 22.8 Å². The van der Waals surface area contributed by atoms with Gasteiger partial charge in [0.05, 0.1) is 0 Å². The Morgan fingerprint density at radius 3 is 2.58 bits per heavy atom. The zero-order chi connectivity index (χ0) is 12.8. The fraction of sp³-hybridized carbons (Fsp3) is 0.278. The van der Waals surface area contributed by atoms with Crippen LogP contribution in [0.25, 0.3) is 10.8 Å². The van der Waals surface area contributed by atoms with Gasteiger partial charge in [-0.05, 0) is 35.4 Å². The van der Waals surface area contributed by atoms with E-state index in [1.165, 1.54) is 6.42 Å². The van der Waals surface area contributed by atoms with Crippen molar-refractivity contribution in [3.63, 3.8) is 0 Å². The molecular weight excluding hydrogens is 232 g/mol. The van der Waals surface area contributed by atoms with Crippen LogP contribution in [0.1, 0.15) is 23.2 Å². The van der Waals surface area contributed by atoms with Gasteiger partial charge in [-0.1, -0.05) is 54.6 Å². The number of hydrogen-bond donors (Lipinski definition) is 0. The topological polar surface area (TPSA) is 17.1 Å². The molecule has 2 aliphatic rings. The third-order valence-corrected chi connectivity index (χ3v) is 4.67. The van der Waals surface area contributed by atoms with Crippen molar-refractivity contribution >= 4 is 16.6 Å². The molecule has 2 aromatic carbocycles. The van der Waals surface area contributed by atoms with Crippen LogP contribution in [0.3, 0.4) is 0 Å². The normalized spacial score (nSPS) is 28.1. The van der Waals surface area contributed by atoms with Crippen molar-refractivity contribution in [1.82, 2.24) is 0 Å². The highest BCUT2D eigenvalue weighted by Crippen LogP contribution is 2.45. The van der Waals surface area contributed by atoms with E-state index in [0.29, 0.717) is 17.6 Å². The molecule has 3 unspecified atom stereocenters. The molecule has 0 aliphatic heterocycles. The summed E-state index contributed by atoms with van der Waals surface area (Å²) in [6, 6.07) is 14.2. The van der Waals surface area contributed by atoms with Gasteiger partial charge >= 0.3 is 0 Å². The van der Waals surface area contributed by atoms with Gasteiger partial charge in [-0.25, -0.2) is 0 Å². The second-order valence-electron chi connectivity index (χ2n) is 5.78. The van der Waals surface area contributed by atoms with Crippen LogP contribution in [0.2, 0.25) is 0 Å². The van der Waals surface area contributed by atoms with Crippen molar-refractivity contribution in [2.24, 2.45) is 17.8 Å². The summed E-state index contributed by atoms with van der Waals surface area (Å²) >= 11 is 0. The molecule has 0 saturated heterocycles. The maximum absolute atomic E-state index is 12.8. The predicted molar refractivity (Wildman–Crippen MR) is 77.1 cm³/mol. The van der Waals surface area contributed by atoms with Crippen molar-refractivity contribution in [2.75, 3.05) is 0 Å². The lowest BCUT2D eigenvalue weighted by atomic mass is 9.85. The molecule has 3 atom stereocenters. The molecule has 1 nitrogen and oxygen atoms in total. The molecule has 0 radical (unpaired) electrons. The first-order chi connectivity index (χ1) is 9.33. The number of Topliss-reactive ketones (excluding diaryl/α,β-unsaturated/α-hetero) is 1. The molecule has 94 valence electrons. The van der Waals surface area contributed by atoms with Gasteiger partial charge in [0.1, 0.15) is 0 Å². The fourth-order valence-corrected chi connectivity index (χ4v) is 3.72. The van der Waals surface area contributed by atoms with E-state index in [4.69, 9.17) is 0 Å². The third kappa shape index (κ3) is 1.65. The summed E-state index contributed by atoms with van der Waals surface area (Å²) in [5.74, 6) is 1.68. The summed E-state index contributed by atoms with van der Waals surface area (Å²) < 4.78 is 0. The molecule has 1 fully saturated rings. The van der Waals surface area contributed by atoms with Crippen molar-refractivity contribution in [1.29, 1.82) is 0 Å². The Labute approximate surface area is 112 Å². The summed E-state index contributed by atoms with van der Waals surface area (Å²) in [7, 11) is 0. The van der Waals surface area contributed by atoms with Crippen LogP contribution in [0.5, 0.6) is 0 Å². The van der Waals surface area contributed by atoms with Crippen molar-refractivity contribution in [2.45, 2.75) is 12.8 Å². The van der Waals surface area contributed by atoms with Crippen LogP contribution in [0, 0.1) is 17.8 Å². The Bertz CT molecular complexity index is 678. The fourth-order valence-electron chi connectivity index (χ4n) is 3.72. The molecule has 2 aliphatic carbocycles. The van der Waals surface area contributed by atoms with E-state index in [-0.39, 0.29) is 5.92 Å².